The molecule has 0 radical (unpaired) electrons. The predicted octanol–water partition coefficient (Wildman–Crippen LogP) is 10.7. The number of ether oxygens (including phenoxy) is 3. The van der Waals surface area contributed by atoms with Crippen LogP contribution in [0, 0.1) is 0 Å². The van der Waals surface area contributed by atoms with Gasteiger partial charge in [-0.05, 0) is 92.6 Å². The average Bonchev–Trinajstić information content (AvgIpc) is 3.09. The number of anilines is 1. The number of hydrogen-bond acceptors (Lipinski definition) is 10. The monoisotopic (exact) mass is 643 g/mol. The van der Waals surface area contributed by atoms with Crippen molar-refractivity contribution in [1.82, 2.24) is 0 Å². The third-order valence-electron chi connectivity index (χ3n) is 7.29. The van der Waals surface area contributed by atoms with Gasteiger partial charge in [-0.25, -0.2) is 0 Å². The largest absolute Gasteiger partial charge is 0.464 e. The van der Waals surface area contributed by atoms with Crippen LogP contribution in [-0.4, -0.2) is 37.9 Å². The summed E-state index contributed by atoms with van der Waals surface area (Å²) in [4.78, 5) is 25.6. The molecule has 3 aromatic rings. The number of esters is 2. The third-order valence-corrected chi connectivity index (χ3v) is 7.29. The van der Waals surface area contributed by atoms with Crippen LogP contribution in [0.2, 0.25) is 0 Å². The highest BCUT2D eigenvalue weighted by Crippen LogP contribution is 2.26. The first kappa shape index (κ1) is 36.9. The van der Waals surface area contributed by atoms with E-state index in [-0.39, 0.29) is 11.9 Å². The zero-order chi connectivity index (χ0) is 33.7. The second-order valence-electron chi connectivity index (χ2n) is 11.1. The third kappa shape index (κ3) is 14.1. The van der Waals surface area contributed by atoms with Gasteiger partial charge in [0.15, 0.2) is 0 Å². The molecule has 0 spiro atoms. The lowest BCUT2D eigenvalue weighted by Gasteiger charge is -2.22. The first-order valence-electron chi connectivity index (χ1n) is 16.8. The lowest BCUT2D eigenvalue weighted by atomic mass is 10.1. The number of carbonyl (C=O) groups is 2. The molecular weight excluding hydrogens is 594 g/mol. The van der Waals surface area contributed by atoms with Crippen LogP contribution in [0.3, 0.4) is 0 Å². The molecular formula is C37H49N5O5. The van der Waals surface area contributed by atoms with Gasteiger partial charge in [0.05, 0.1) is 29.3 Å². The predicted molar refractivity (Wildman–Crippen MR) is 186 cm³/mol. The summed E-state index contributed by atoms with van der Waals surface area (Å²) < 4.78 is 16.8. The fraction of sp³-hybridized carbons (Fsp3) is 0.459. The summed E-state index contributed by atoms with van der Waals surface area (Å²) >= 11 is 0. The molecule has 0 saturated heterocycles. The first-order valence-corrected chi connectivity index (χ1v) is 16.8. The van der Waals surface area contributed by atoms with Crippen molar-refractivity contribution in [3.63, 3.8) is 0 Å². The van der Waals surface area contributed by atoms with E-state index in [1.807, 2.05) is 79.7 Å². The standard InChI is InChI=1S/C37H49N5O5/c1-5-9-10-11-12-14-37(47-36(44)13-6-2)46-34-25-21-32(22-26-34)41-39-30-17-15-29(16-18-30)38-40-31-19-23-33(24-20-31)42(8-4)27-28-45-35(43)7-3/h15-26,37H,5-14,27-28H2,1-4H3/b40-38+,41-39+. The number of unbranched alkanes of at least 4 members (excludes halogenated alkanes) is 4. The van der Waals surface area contributed by atoms with Gasteiger partial charge in [-0.1, -0.05) is 46.5 Å². The van der Waals surface area contributed by atoms with E-state index in [1.54, 1.807) is 6.92 Å². The Hall–Kier alpha value is -4.60. The van der Waals surface area contributed by atoms with Crippen molar-refractivity contribution < 1.29 is 23.8 Å². The molecule has 1 unspecified atom stereocenters. The van der Waals surface area contributed by atoms with E-state index < -0.39 is 6.29 Å². The number of azo groups is 2. The summed E-state index contributed by atoms with van der Waals surface area (Å²) in [5.41, 5.74) is 3.81. The molecule has 10 heteroatoms. The summed E-state index contributed by atoms with van der Waals surface area (Å²) in [6.07, 6.45) is 7.18. The maximum Gasteiger partial charge on any atom is 0.308 e. The normalized spacial score (nSPS) is 11.9. The van der Waals surface area contributed by atoms with Crippen molar-refractivity contribution in [2.45, 2.75) is 91.8 Å². The lowest BCUT2D eigenvalue weighted by Crippen LogP contribution is -2.27. The van der Waals surface area contributed by atoms with Gasteiger partial charge in [-0.15, -0.1) is 0 Å². The molecule has 1 atom stereocenters. The zero-order valence-electron chi connectivity index (χ0n) is 28.3. The molecule has 0 aromatic heterocycles. The summed E-state index contributed by atoms with van der Waals surface area (Å²) in [5.74, 6) is 0.196. The SMILES string of the molecule is CCCCCCCC(OC(=O)CCC)Oc1ccc(/N=N/c2ccc(/N=N/c3ccc(N(CC)CCOC(=O)CC)cc3)cc2)cc1. The molecule has 3 aromatic carbocycles. The smallest absolute Gasteiger partial charge is 0.308 e. The number of nitrogens with zero attached hydrogens (tertiary/aromatic N) is 5. The molecule has 0 heterocycles. The fourth-order valence-corrected chi connectivity index (χ4v) is 4.60. The van der Waals surface area contributed by atoms with E-state index in [0.717, 1.165) is 37.2 Å². The highest BCUT2D eigenvalue weighted by Gasteiger charge is 2.16. The minimum absolute atomic E-state index is 0.189. The molecule has 0 aliphatic rings. The fourth-order valence-electron chi connectivity index (χ4n) is 4.60. The van der Waals surface area contributed by atoms with E-state index >= 15 is 0 Å². The number of carbonyl (C=O) groups excluding carboxylic acids is 2. The Morgan fingerprint density at radius 2 is 1.19 bits per heavy atom. The molecule has 252 valence electrons. The lowest BCUT2D eigenvalue weighted by molar-refractivity contribution is -0.164. The maximum absolute atomic E-state index is 12.1. The summed E-state index contributed by atoms with van der Waals surface area (Å²) in [6, 6.07) is 22.4. The summed E-state index contributed by atoms with van der Waals surface area (Å²) in [5, 5.41) is 17.4. The summed E-state index contributed by atoms with van der Waals surface area (Å²) in [6.45, 7) is 9.78. The molecule has 0 fully saturated rings. The Balaban J connectivity index is 1.51. The quantitative estimate of drug-likeness (QED) is 0.0494. The first-order chi connectivity index (χ1) is 22.9. The summed E-state index contributed by atoms with van der Waals surface area (Å²) in [7, 11) is 0. The Bertz CT molecular complexity index is 1390. The zero-order valence-corrected chi connectivity index (χ0v) is 28.3. The van der Waals surface area contributed by atoms with Gasteiger partial charge in [-0.3, -0.25) is 9.59 Å². The Morgan fingerprint density at radius 1 is 0.660 bits per heavy atom. The number of hydrogen-bond donors (Lipinski definition) is 0. The molecule has 0 N–H and O–H groups in total. The minimum atomic E-state index is -0.598. The van der Waals surface area contributed by atoms with Gasteiger partial charge in [0.25, 0.3) is 0 Å². The molecule has 10 nitrogen and oxygen atoms in total. The molecule has 3 rings (SSSR count). The van der Waals surface area contributed by atoms with Crippen LogP contribution >= 0.6 is 0 Å². The van der Waals surface area contributed by atoms with Crippen LogP contribution in [0.5, 0.6) is 5.75 Å². The van der Waals surface area contributed by atoms with E-state index in [0.29, 0.717) is 55.2 Å². The van der Waals surface area contributed by atoms with Crippen LogP contribution < -0.4 is 9.64 Å². The Morgan fingerprint density at radius 3 is 1.70 bits per heavy atom. The molecule has 0 bridgehead atoms. The van der Waals surface area contributed by atoms with Crippen molar-refractivity contribution in [1.29, 1.82) is 0 Å². The molecule has 0 amide bonds. The highest BCUT2D eigenvalue weighted by atomic mass is 16.7. The van der Waals surface area contributed by atoms with E-state index in [4.69, 9.17) is 14.2 Å². The van der Waals surface area contributed by atoms with E-state index in [1.165, 1.54) is 19.3 Å². The minimum Gasteiger partial charge on any atom is -0.464 e. The maximum atomic E-state index is 12.1. The molecule has 0 aliphatic carbocycles. The number of benzene rings is 3. The van der Waals surface area contributed by atoms with E-state index in [2.05, 4.69) is 39.2 Å². The van der Waals surface area contributed by atoms with Crippen LogP contribution in [-0.2, 0) is 19.1 Å². The number of rotatable bonds is 21. The molecule has 0 saturated carbocycles. The topological polar surface area (TPSA) is 115 Å². The second kappa shape index (κ2) is 21.2. The Labute approximate surface area is 279 Å². The van der Waals surface area contributed by atoms with Gasteiger partial charge < -0.3 is 19.1 Å². The van der Waals surface area contributed by atoms with Crippen molar-refractivity contribution in [2.24, 2.45) is 20.5 Å². The van der Waals surface area contributed by atoms with Gasteiger partial charge >= 0.3 is 11.9 Å². The van der Waals surface area contributed by atoms with E-state index in [9.17, 15) is 9.59 Å². The van der Waals surface area contributed by atoms with Crippen molar-refractivity contribution in [3.8, 4) is 5.75 Å². The number of likely N-dealkylation sites (N-methyl/N-ethyl adjacent to an activating group) is 1. The van der Waals surface area contributed by atoms with Crippen molar-refractivity contribution in [3.05, 3.63) is 72.8 Å². The van der Waals surface area contributed by atoms with Gasteiger partial charge in [0, 0.05) is 31.5 Å². The van der Waals surface area contributed by atoms with Crippen molar-refractivity contribution >= 4 is 40.4 Å². The average molecular weight is 644 g/mol. The van der Waals surface area contributed by atoms with Crippen LogP contribution in [0.4, 0.5) is 28.4 Å². The van der Waals surface area contributed by atoms with Crippen molar-refractivity contribution in [2.75, 3.05) is 24.6 Å². The van der Waals surface area contributed by atoms with Gasteiger partial charge in [-0.2, -0.15) is 20.5 Å². The molecule has 0 aliphatic heterocycles. The van der Waals surface area contributed by atoms with Gasteiger partial charge in [0.2, 0.25) is 6.29 Å². The highest BCUT2D eigenvalue weighted by molar-refractivity contribution is 5.69. The van der Waals surface area contributed by atoms with Crippen LogP contribution in [0.15, 0.2) is 93.3 Å². The second-order valence-corrected chi connectivity index (χ2v) is 11.1. The van der Waals surface area contributed by atoms with Crippen LogP contribution in [0.25, 0.3) is 0 Å². The van der Waals surface area contributed by atoms with Gasteiger partial charge in [0.1, 0.15) is 12.4 Å². The van der Waals surface area contributed by atoms with Crippen LogP contribution in [0.1, 0.15) is 85.5 Å². The molecule has 47 heavy (non-hydrogen) atoms. The Kier molecular flexibility index (Phi) is 16.7.